The minimum absolute atomic E-state index is 0.215. The zero-order valence-electron chi connectivity index (χ0n) is 12.2. The minimum Gasteiger partial charge on any atom is -0.429 e. The first kappa shape index (κ1) is 16.8. The summed E-state index contributed by atoms with van der Waals surface area (Å²) in [6.45, 7) is 2.29. The Bertz CT molecular complexity index is 496. The van der Waals surface area contributed by atoms with Crippen molar-refractivity contribution < 1.29 is 14.3 Å². The first-order valence-electron chi connectivity index (χ1n) is 7.34. The molecule has 0 unspecified atom stereocenters. The summed E-state index contributed by atoms with van der Waals surface area (Å²) in [5, 5.41) is 0. The van der Waals surface area contributed by atoms with Crippen molar-refractivity contribution >= 4 is 38.0 Å². The van der Waals surface area contributed by atoms with Crippen molar-refractivity contribution in [3.05, 3.63) is 32.7 Å². The lowest BCUT2D eigenvalue weighted by Gasteiger charge is -2.35. The number of hydrogen-bond acceptors (Lipinski definition) is 3. The zero-order chi connectivity index (χ0) is 15.3. The van der Waals surface area contributed by atoms with Gasteiger partial charge in [0.1, 0.15) is 12.2 Å². The van der Waals surface area contributed by atoms with Gasteiger partial charge in [-0.15, -0.1) is 0 Å². The summed E-state index contributed by atoms with van der Waals surface area (Å²) in [4.78, 5) is 12.0. The van der Waals surface area contributed by atoms with E-state index in [1.165, 1.54) is 6.42 Å². The Morgan fingerprint density at radius 1 is 1.24 bits per heavy atom. The molecule has 0 N–H and O–H groups in total. The topological polar surface area (TPSA) is 35.5 Å². The van der Waals surface area contributed by atoms with E-state index in [1.807, 2.05) is 18.2 Å². The van der Waals surface area contributed by atoms with Crippen LogP contribution in [0.1, 0.15) is 51.0 Å². The highest BCUT2D eigenvalue weighted by Gasteiger charge is 2.34. The number of ether oxygens (including phenoxy) is 2. The Kier molecular flexibility index (Phi) is 6.11. The van der Waals surface area contributed by atoms with Gasteiger partial charge in [0.05, 0.1) is 0 Å². The van der Waals surface area contributed by atoms with E-state index in [-0.39, 0.29) is 12.2 Å². The molecule has 0 aromatic heterocycles. The summed E-state index contributed by atoms with van der Waals surface area (Å²) in [6.07, 6.45) is 5.66. The van der Waals surface area contributed by atoms with Crippen LogP contribution >= 0.6 is 31.9 Å². The van der Waals surface area contributed by atoms with E-state index in [9.17, 15) is 4.79 Å². The number of benzene rings is 1. The predicted molar refractivity (Wildman–Crippen MR) is 89.2 cm³/mol. The highest BCUT2D eigenvalue weighted by atomic mass is 79.9. The Balaban J connectivity index is 1.89. The van der Waals surface area contributed by atoms with Crippen molar-refractivity contribution in [3.8, 4) is 0 Å². The van der Waals surface area contributed by atoms with E-state index >= 15 is 0 Å². The highest BCUT2D eigenvalue weighted by molar-refractivity contribution is 9.11. The summed E-state index contributed by atoms with van der Waals surface area (Å²) in [6, 6.07) is 5.76. The van der Waals surface area contributed by atoms with E-state index in [1.54, 1.807) is 0 Å². The number of carbonyl (C=O) groups is 1. The second-order valence-corrected chi connectivity index (χ2v) is 7.24. The molecule has 0 saturated heterocycles. The molecule has 1 fully saturated rings. The fourth-order valence-electron chi connectivity index (χ4n) is 2.71. The van der Waals surface area contributed by atoms with Gasteiger partial charge in [-0.25, -0.2) is 4.79 Å². The lowest BCUT2D eigenvalue weighted by atomic mass is 9.83. The monoisotopic (exact) mass is 418 g/mol. The maximum absolute atomic E-state index is 12.0. The van der Waals surface area contributed by atoms with Crippen LogP contribution in [0, 0.1) is 0 Å². The average Bonchev–Trinajstić information content (AvgIpc) is 2.47. The van der Waals surface area contributed by atoms with Crippen molar-refractivity contribution in [2.45, 2.75) is 57.7 Å². The molecule has 0 bridgehead atoms. The van der Waals surface area contributed by atoms with Gasteiger partial charge in [-0.05, 0) is 44.2 Å². The molecule has 0 atom stereocenters. The molecule has 1 saturated carbocycles. The Hall–Kier alpha value is -0.550. The van der Waals surface area contributed by atoms with Gasteiger partial charge in [-0.3, -0.25) is 0 Å². The molecule has 5 heteroatoms. The Morgan fingerprint density at radius 2 is 1.95 bits per heavy atom. The van der Waals surface area contributed by atoms with Crippen molar-refractivity contribution in [1.29, 1.82) is 0 Å². The smallest absolute Gasteiger partial charge is 0.429 e. The molecule has 2 rings (SSSR count). The fourth-order valence-corrected chi connectivity index (χ4v) is 3.87. The van der Waals surface area contributed by atoms with Gasteiger partial charge < -0.3 is 9.47 Å². The molecule has 0 aliphatic heterocycles. The van der Waals surface area contributed by atoms with Crippen LogP contribution in [0.3, 0.4) is 0 Å². The van der Waals surface area contributed by atoms with Crippen LogP contribution in [0.2, 0.25) is 0 Å². The van der Waals surface area contributed by atoms with Gasteiger partial charge in [0, 0.05) is 14.5 Å². The van der Waals surface area contributed by atoms with Gasteiger partial charge in [0.25, 0.3) is 0 Å². The molecule has 21 heavy (non-hydrogen) atoms. The van der Waals surface area contributed by atoms with Crippen LogP contribution in [-0.4, -0.2) is 11.8 Å². The molecule has 1 aliphatic rings. The first-order chi connectivity index (χ1) is 10.0. The number of carbonyl (C=O) groups excluding carboxylic acids is 1. The minimum atomic E-state index is -0.562. The van der Waals surface area contributed by atoms with Gasteiger partial charge >= 0.3 is 6.16 Å². The summed E-state index contributed by atoms with van der Waals surface area (Å²) >= 11 is 6.85. The molecular formula is C16H20Br2O3. The third-order valence-electron chi connectivity index (χ3n) is 4.07. The number of hydrogen-bond donors (Lipinski definition) is 0. The molecule has 0 heterocycles. The van der Waals surface area contributed by atoms with Crippen LogP contribution in [-0.2, 0) is 16.1 Å². The number of halogens is 2. The largest absolute Gasteiger partial charge is 0.509 e. The second kappa shape index (κ2) is 7.63. The lowest BCUT2D eigenvalue weighted by molar-refractivity contribution is -0.0594. The van der Waals surface area contributed by atoms with Gasteiger partial charge in [-0.2, -0.15) is 0 Å². The van der Waals surface area contributed by atoms with E-state index in [2.05, 4.69) is 38.8 Å². The molecular weight excluding hydrogens is 400 g/mol. The van der Waals surface area contributed by atoms with Crippen LogP contribution in [0.4, 0.5) is 4.79 Å². The average molecular weight is 420 g/mol. The Labute approximate surface area is 142 Å². The zero-order valence-corrected chi connectivity index (χ0v) is 15.3. The molecule has 1 aromatic rings. The predicted octanol–water partition coefficient (Wildman–Crippen LogP) is 5.98. The molecule has 0 radical (unpaired) electrons. The van der Waals surface area contributed by atoms with E-state index in [0.29, 0.717) is 0 Å². The van der Waals surface area contributed by atoms with Crippen LogP contribution in [0.5, 0.6) is 0 Å². The Morgan fingerprint density at radius 3 is 2.57 bits per heavy atom. The normalized spacial score (nSPS) is 17.3. The molecule has 0 amide bonds. The third kappa shape index (κ3) is 4.71. The SMILES string of the molecule is CCC1(OC(=O)OCc2ccc(Br)cc2Br)CCCCC1. The molecule has 1 aromatic carbocycles. The fraction of sp³-hybridized carbons (Fsp3) is 0.562. The molecule has 1 aliphatic carbocycles. The third-order valence-corrected chi connectivity index (χ3v) is 5.30. The molecule has 0 spiro atoms. The van der Waals surface area contributed by atoms with E-state index in [4.69, 9.17) is 9.47 Å². The van der Waals surface area contributed by atoms with Gasteiger partial charge in [0.15, 0.2) is 0 Å². The molecule has 116 valence electrons. The lowest BCUT2D eigenvalue weighted by Crippen LogP contribution is -2.36. The second-order valence-electron chi connectivity index (χ2n) is 5.47. The highest BCUT2D eigenvalue weighted by Crippen LogP contribution is 2.34. The van der Waals surface area contributed by atoms with Gasteiger partial charge in [0.2, 0.25) is 0 Å². The van der Waals surface area contributed by atoms with E-state index in [0.717, 1.165) is 46.6 Å². The summed E-state index contributed by atoms with van der Waals surface area (Å²) in [7, 11) is 0. The van der Waals surface area contributed by atoms with E-state index < -0.39 is 6.16 Å². The summed E-state index contributed by atoms with van der Waals surface area (Å²) in [5.41, 5.74) is 0.607. The first-order valence-corrected chi connectivity index (χ1v) is 8.93. The van der Waals surface area contributed by atoms with Crippen molar-refractivity contribution in [3.63, 3.8) is 0 Å². The molecule has 3 nitrogen and oxygen atoms in total. The number of rotatable bonds is 4. The van der Waals surface area contributed by atoms with Crippen LogP contribution in [0.25, 0.3) is 0 Å². The quantitative estimate of drug-likeness (QED) is 0.563. The standard InChI is InChI=1S/C16H20Br2O3/c1-2-16(8-4-3-5-9-16)21-15(19)20-11-12-6-7-13(17)10-14(12)18/h6-7,10H,2-5,8-9,11H2,1H3. The maximum atomic E-state index is 12.0. The van der Waals surface area contributed by atoms with Crippen molar-refractivity contribution in [2.75, 3.05) is 0 Å². The summed E-state index contributed by atoms with van der Waals surface area (Å²) < 4.78 is 12.8. The van der Waals surface area contributed by atoms with Crippen molar-refractivity contribution in [1.82, 2.24) is 0 Å². The van der Waals surface area contributed by atoms with Crippen LogP contribution < -0.4 is 0 Å². The van der Waals surface area contributed by atoms with Crippen LogP contribution in [0.15, 0.2) is 27.1 Å². The summed E-state index contributed by atoms with van der Waals surface area (Å²) in [5.74, 6) is 0. The van der Waals surface area contributed by atoms with Gasteiger partial charge in [-0.1, -0.05) is 51.3 Å². The van der Waals surface area contributed by atoms with Crippen molar-refractivity contribution in [2.24, 2.45) is 0 Å². The maximum Gasteiger partial charge on any atom is 0.509 e.